The number of hydrogen-bond acceptors (Lipinski definition) is 2. The zero-order valence-electron chi connectivity index (χ0n) is 12.6. The maximum Gasteiger partial charge on any atom is 0.165 e. The first-order chi connectivity index (χ1) is 8.98. The first kappa shape index (κ1) is 16.0. The third kappa shape index (κ3) is 5.60. The van der Waals surface area contributed by atoms with Crippen molar-refractivity contribution in [2.75, 3.05) is 20.2 Å². The Morgan fingerprint density at radius 2 is 2.05 bits per heavy atom. The molecule has 3 heteroatoms. The van der Waals surface area contributed by atoms with Gasteiger partial charge in [0.2, 0.25) is 0 Å². The molecule has 0 unspecified atom stereocenters. The second-order valence-corrected chi connectivity index (χ2v) is 5.81. The highest BCUT2D eigenvalue weighted by Gasteiger charge is 2.17. The fourth-order valence-electron chi connectivity index (χ4n) is 2.04. The summed E-state index contributed by atoms with van der Waals surface area (Å²) in [5.74, 6) is 0.0366. The van der Waals surface area contributed by atoms with Gasteiger partial charge in [0.25, 0.3) is 0 Å². The highest BCUT2D eigenvalue weighted by atomic mass is 19.1. The standard InChI is InChI=1S/C16H26FNO/c1-5-10-18-12-16(2,3)9-8-13-6-7-15(19-4)14(17)11-13/h6-7,11,18H,5,8-10,12H2,1-4H3. The molecule has 0 saturated heterocycles. The Hall–Kier alpha value is -1.09. The number of nitrogens with one attached hydrogen (secondary N) is 1. The Kier molecular flexibility index (Phi) is 6.29. The topological polar surface area (TPSA) is 21.3 Å². The van der Waals surface area contributed by atoms with E-state index in [1.807, 2.05) is 6.07 Å². The minimum atomic E-state index is -0.276. The summed E-state index contributed by atoms with van der Waals surface area (Å²) in [4.78, 5) is 0. The summed E-state index contributed by atoms with van der Waals surface area (Å²) in [6.45, 7) is 8.71. The van der Waals surface area contributed by atoms with E-state index in [4.69, 9.17) is 4.74 Å². The van der Waals surface area contributed by atoms with Crippen LogP contribution < -0.4 is 10.1 Å². The molecule has 0 fully saturated rings. The van der Waals surface area contributed by atoms with Crippen molar-refractivity contribution in [3.8, 4) is 5.75 Å². The molecular formula is C16H26FNO. The molecule has 0 aromatic heterocycles. The van der Waals surface area contributed by atoms with Gasteiger partial charge in [-0.2, -0.15) is 0 Å². The molecule has 0 spiro atoms. The van der Waals surface area contributed by atoms with Crippen LogP contribution in [-0.4, -0.2) is 20.2 Å². The third-order valence-corrected chi connectivity index (χ3v) is 3.34. The summed E-state index contributed by atoms with van der Waals surface area (Å²) in [6.07, 6.45) is 3.08. The predicted molar refractivity (Wildman–Crippen MR) is 78.2 cm³/mol. The number of halogens is 1. The van der Waals surface area contributed by atoms with Crippen molar-refractivity contribution in [1.82, 2.24) is 5.32 Å². The molecule has 0 heterocycles. The van der Waals surface area contributed by atoms with Gasteiger partial charge in [-0.05, 0) is 48.9 Å². The van der Waals surface area contributed by atoms with E-state index in [1.54, 1.807) is 12.1 Å². The molecule has 0 bridgehead atoms. The normalized spacial score (nSPS) is 11.6. The van der Waals surface area contributed by atoms with Crippen molar-refractivity contribution in [3.63, 3.8) is 0 Å². The molecule has 1 rings (SSSR count). The summed E-state index contributed by atoms with van der Waals surface area (Å²) in [6, 6.07) is 5.22. The highest BCUT2D eigenvalue weighted by Crippen LogP contribution is 2.24. The summed E-state index contributed by atoms with van der Waals surface area (Å²) in [7, 11) is 1.49. The molecule has 0 saturated carbocycles. The van der Waals surface area contributed by atoms with Crippen LogP contribution in [0.4, 0.5) is 4.39 Å². The maximum absolute atomic E-state index is 13.6. The van der Waals surface area contributed by atoms with Crippen LogP contribution in [0.25, 0.3) is 0 Å². The van der Waals surface area contributed by atoms with Crippen LogP contribution in [0.15, 0.2) is 18.2 Å². The van der Waals surface area contributed by atoms with Crippen molar-refractivity contribution in [2.45, 2.75) is 40.0 Å². The van der Waals surface area contributed by atoms with Gasteiger partial charge in [0.1, 0.15) is 0 Å². The van der Waals surface area contributed by atoms with Gasteiger partial charge in [-0.25, -0.2) is 4.39 Å². The van der Waals surface area contributed by atoms with Gasteiger partial charge in [-0.1, -0.05) is 26.8 Å². The summed E-state index contributed by atoms with van der Waals surface area (Å²) >= 11 is 0. The lowest BCUT2D eigenvalue weighted by Gasteiger charge is -2.25. The fraction of sp³-hybridized carbons (Fsp3) is 0.625. The van der Waals surface area contributed by atoms with Crippen molar-refractivity contribution in [1.29, 1.82) is 0 Å². The molecule has 0 radical (unpaired) electrons. The van der Waals surface area contributed by atoms with Crippen LogP contribution in [0.3, 0.4) is 0 Å². The lowest BCUT2D eigenvalue weighted by Crippen LogP contribution is -2.30. The van der Waals surface area contributed by atoms with Gasteiger partial charge in [0.15, 0.2) is 11.6 Å². The molecule has 0 amide bonds. The zero-order valence-corrected chi connectivity index (χ0v) is 12.6. The molecule has 0 aliphatic carbocycles. The number of benzene rings is 1. The molecule has 0 aliphatic heterocycles. The monoisotopic (exact) mass is 267 g/mol. The largest absolute Gasteiger partial charge is 0.494 e. The Labute approximate surface area is 116 Å². The van der Waals surface area contributed by atoms with Crippen LogP contribution in [0.2, 0.25) is 0 Å². The van der Waals surface area contributed by atoms with Crippen LogP contribution in [0.5, 0.6) is 5.75 Å². The molecule has 1 N–H and O–H groups in total. The van der Waals surface area contributed by atoms with Crippen molar-refractivity contribution >= 4 is 0 Å². The van der Waals surface area contributed by atoms with Crippen LogP contribution in [0.1, 0.15) is 39.2 Å². The van der Waals surface area contributed by atoms with Gasteiger partial charge in [0.05, 0.1) is 7.11 Å². The predicted octanol–water partition coefficient (Wildman–Crippen LogP) is 3.79. The summed E-state index contributed by atoms with van der Waals surface area (Å²) in [5.41, 5.74) is 1.26. The molecule has 108 valence electrons. The maximum atomic E-state index is 13.6. The van der Waals surface area contributed by atoms with Gasteiger partial charge >= 0.3 is 0 Å². The van der Waals surface area contributed by atoms with Gasteiger partial charge < -0.3 is 10.1 Å². The van der Waals surface area contributed by atoms with E-state index in [1.165, 1.54) is 7.11 Å². The van der Waals surface area contributed by atoms with Gasteiger partial charge in [-0.3, -0.25) is 0 Å². The average molecular weight is 267 g/mol. The lowest BCUT2D eigenvalue weighted by molar-refractivity contribution is 0.315. The van der Waals surface area contributed by atoms with E-state index >= 15 is 0 Å². The molecule has 19 heavy (non-hydrogen) atoms. The molecule has 1 aromatic carbocycles. The van der Waals surface area contributed by atoms with Crippen LogP contribution in [-0.2, 0) is 6.42 Å². The van der Waals surface area contributed by atoms with E-state index in [0.29, 0.717) is 5.75 Å². The van der Waals surface area contributed by atoms with E-state index in [2.05, 4.69) is 26.1 Å². The Balaban J connectivity index is 2.49. The number of rotatable bonds is 8. The fourth-order valence-corrected chi connectivity index (χ4v) is 2.04. The second kappa shape index (κ2) is 7.49. The number of ether oxygens (including phenoxy) is 1. The van der Waals surface area contributed by atoms with Crippen LogP contribution >= 0.6 is 0 Å². The second-order valence-electron chi connectivity index (χ2n) is 5.81. The molecule has 1 aromatic rings. The summed E-state index contributed by atoms with van der Waals surface area (Å²) in [5, 5.41) is 3.45. The van der Waals surface area contributed by atoms with Crippen LogP contribution in [0, 0.1) is 11.2 Å². The molecule has 2 nitrogen and oxygen atoms in total. The number of hydrogen-bond donors (Lipinski definition) is 1. The van der Waals surface area contributed by atoms with Crippen molar-refractivity contribution < 1.29 is 9.13 Å². The van der Waals surface area contributed by atoms with Crippen molar-refractivity contribution in [2.24, 2.45) is 5.41 Å². The average Bonchev–Trinajstić information content (AvgIpc) is 2.37. The summed E-state index contributed by atoms with van der Waals surface area (Å²) < 4.78 is 18.5. The lowest BCUT2D eigenvalue weighted by atomic mass is 9.86. The molecule has 0 aliphatic rings. The SMILES string of the molecule is CCCNCC(C)(C)CCc1ccc(OC)c(F)c1. The third-order valence-electron chi connectivity index (χ3n) is 3.34. The number of aryl methyl sites for hydroxylation is 1. The number of methoxy groups -OCH3 is 1. The van der Waals surface area contributed by atoms with Crippen molar-refractivity contribution in [3.05, 3.63) is 29.6 Å². The van der Waals surface area contributed by atoms with E-state index < -0.39 is 0 Å². The minimum absolute atomic E-state index is 0.228. The smallest absolute Gasteiger partial charge is 0.165 e. The first-order valence-corrected chi connectivity index (χ1v) is 7.01. The van der Waals surface area contributed by atoms with Gasteiger partial charge in [-0.15, -0.1) is 0 Å². The van der Waals surface area contributed by atoms with E-state index in [0.717, 1.165) is 37.9 Å². The Morgan fingerprint density at radius 3 is 2.63 bits per heavy atom. The first-order valence-electron chi connectivity index (χ1n) is 7.01. The molecular weight excluding hydrogens is 241 g/mol. The quantitative estimate of drug-likeness (QED) is 0.723. The van der Waals surface area contributed by atoms with E-state index in [9.17, 15) is 4.39 Å². The highest BCUT2D eigenvalue weighted by molar-refractivity contribution is 5.29. The molecule has 0 atom stereocenters. The zero-order chi connectivity index (χ0) is 14.3. The van der Waals surface area contributed by atoms with Gasteiger partial charge in [0, 0.05) is 6.54 Å². The van der Waals surface area contributed by atoms with E-state index in [-0.39, 0.29) is 11.2 Å². The Morgan fingerprint density at radius 1 is 1.32 bits per heavy atom. The Bertz CT molecular complexity index is 390. The minimum Gasteiger partial charge on any atom is -0.494 e.